The third-order valence-electron chi connectivity index (χ3n) is 3.11. The van der Waals surface area contributed by atoms with E-state index in [0.717, 1.165) is 11.3 Å². The van der Waals surface area contributed by atoms with E-state index in [1.54, 1.807) is 14.2 Å². The van der Waals surface area contributed by atoms with Crippen LogP contribution in [0, 0.1) is 0 Å². The molecule has 2 atom stereocenters. The molecule has 20 heavy (non-hydrogen) atoms. The minimum absolute atomic E-state index is 0.0255. The second-order valence-electron chi connectivity index (χ2n) is 4.67. The SMILES string of the molecule is COCCNC(=O)C(C)NC(C)c1ccc(OC)cc1. The number of benzene rings is 1. The van der Waals surface area contributed by atoms with Gasteiger partial charge in [-0.1, -0.05) is 12.1 Å². The smallest absolute Gasteiger partial charge is 0.236 e. The number of nitrogens with one attached hydrogen (secondary N) is 2. The van der Waals surface area contributed by atoms with E-state index < -0.39 is 0 Å². The summed E-state index contributed by atoms with van der Waals surface area (Å²) in [7, 11) is 3.25. The fourth-order valence-electron chi connectivity index (χ4n) is 1.87. The maximum absolute atomic E-state index is 11.8. The van der Waals surface area contributed by atoms with Gasteiger partial charge in [-0.05, 0) is 31.5 Å². The molecule has 112 valence electrons. The van der Waals surface area contributed by atoms with Gasteiger partial charge in [-0.25, -0.2) is 0 Å². The highest BCUT2D eigenvalue weighted by molar-refractivity contribution is 5.81. The van der Waals surface area contributed by atoms with Crippen molar-refractivity contribution in [3.05, 3.63) is 29.8 Å². The minimum atomic E-state index is -0.260. The molecule has 0 saturated carbocycles. The minimum Gasteiger partial charge on any atom is -0.497 e. The molecule has 5 nitrogen and oxygen atoms in total. The molecule has 2 unspecified atom stereocenters. The molecule has 1 amide bonds. The lowest BCUT2D eigenvalue weighted by Gasteiger charge is -2.20. The van der Waals surface area contributed by atoms with Gasteiger partial charge in [-0.3, -0.25) is 10.1 Å². The zero-order chi connectivity index (χ0) is 15.0. The van der Waals surface area contributed by atoms with Crippen LogP contribution in [-0.4, -0.2) is 39.3 Å². The molecule has 0 aliphatic carbocycles. The van der Waals surface area contributed by atoms with Crippen LogP contribution in [0.3, 0.4) is 0 Å². The molecule has 0 saturated heterocycles. The molecular formula is C15H24N2O3. The summed E-state index contributed by atoms with van der Waals surface area (Å²) >= 11 is 0. The molecule has 0 heterocycles. The molecule has 0 fully saturated rings. The highest BCUT2D eigenvalue weighted by Gasteiger charge is 2.15. The molecule has 0 aliphatic heterocycles. The number of carbonyl (C=O) groups is 1. The first kappa shape index (κ1) is 16.5. The van der Waals surface area contributed by atoms with E-state index >= 15 is 0 Å². The lowest BCUT2D eigenvalue weighted by atomic mass is 10.1. The van der Waals surface area contributed by atoms with Crippen LogP contribution in [0.4, 0.5) is 0 Å². The van der Waals surface area contributed by atoms with Crippen LogP contribution in [0.1, 0.15) is 25.5 Å². The summed E-state index contributed by atoms with van der Waals surface area (Å²) < 4.78 is 10.0. The number of hydrogen-bond donors (Lipinski definition) is 2. The van der Waals surface area contributed by atoms with Crippen LogP contribution in [0.15, 0.2) is 24.3 Å². The van der Waals surface area contributed by atoms with Crippen molar-refractivity contribution in [2.24, 2.45) is 0 Å². The maximum atomic E-state index is 11.8. The summed E-state index contributed by atoms with van der Waals surface area (Å²) in [4.78, 5) is 11.8. The summed E-state index contributed by atoms with van der Waals surface area (Å²) in [6.07, 6.45) is 0. The van der Waals surface area contributed by atoms with Gasteiger partial charge in [0.1, 0.15) is 5.75 Å². The third kappa shape index (κ3) is 5.19. The van der Waals surface area contributed by atoms with E-state index in [0.29, 0.717) is 13.2 Å². The fraction of sp³-hybridized carbons (Fsp3) is 0.533. The van der Waals surface area contributed by atoms with Crippen LogP contribution in [-0.2, 0) is 9.53 Å². The largest absolute Gasteiger partial charge is 0.497 e. The average molecular weight is 280 g/mol. The Morgan fingerprint density at radius 2 is 1.85 bits per heavy atom. The molecular weight excluding hydrogens is 256 g/mol. The van der Waals surface area contributed by atoms with Gasteiger partial charge in [0.05, 0.1) is 19.8 Å². The zero-order valence-electron chi connectivity index (χ0n) is 12.6. The summed E-state index contributed by atoms with van der Waals surface area (Å²) in [5.41, 5.74) is 1.11. The Morgan fingerprint density at radius 1 is 1.20 bits per heavy atom. The molecule has 0 bridgehead atoms. The van der Waals surface area contributed by atoms with Crippen molar-refractivity contribution in [2.45, 2.75) is 25.9 Å². The molecule has 5 heteroatoms. The normalized spacial score (nSPS) is 13.6. The monoisotopic (exact) mass is 280 g/mol. The van der Waals surface area contributed by atoms with Crippen molar-refractivity contribution in [2.75, 3.05) is 27.4 Å². The summed E-state index contributed by atoms with van der Waals surface area (Å²) in [5, 5.41) is 6.08. The van der Waals surface area contributed by atoms with Crippen molar-refractivity contribution in [3.8, 4) is 5.75 Å². The standard InChI is InChI=1S/C15H24N2O3/c1-11(13-5-7-14(20-4)8-6-13)17-12(2)15(18)16-9-10-19-3/h5-8,11-12,17H,9-10H2,1-4H3,(H,16,18). The van der Waals surface area contributed by atoms with Crippen LogP contribution in [0.5, 0.6) is 5.75 Å². The van der Waals surface area contributed by atoms with Gasteiger partial charge in [-0.2, -0.15) is 0 Å². The summed E-state index contributed by atoms with van der Waals surface area (Å²) in [6, 6.07) is 7.64. The predicted molar refractivity (Wildman–Crippen MR) is 78.9 cm³/mol. The topological polar surface area (TPSA) is 59.6 Å². The highest BCUT2D eigenvalue weighted by atomic mass is 16.5. The quantitative estimate of drug-likeness (QED) is 0.708. The van der Waals surface area contributed by atoms with Crippen LogP contribution in [0.25, 0.3) is 0 Å². The molecule has 1 rings (SSSR count). The molecule has 1 aromatic carbocycles. The van der Waals surface area contributed by atoms with Crippen molar-refractivity contribution < 1.29 is 14.3 Å². The molecule has 0 spiro atoms. The third-order valence-corrected chi connectivity index (χ3v) is 3.11. The van der Waals surface area contributed by atoms with Crippen molar-refractivity contribution in [3.63, 3.8) is 0 Å². The number of amides is 1. The van der Waals surface area contributed by atoms with E-state index in [1.165, 1.54) is 0 Å². The highest BCUT2D eigenvalue weighted by Crippen LogP contribution is 2.17. The predicted octanol–water partition coefficient (Wildman–Crippen LogP) is 1.50. The average Bonchev–Trinajstić information content (AvgIpc) is 2.47. The first-order chi connectivity index (χ1) is 9.58. The maximum Gasteiger partial charge on any atom is 0.236 e. The first-order valence-electron chi connectivity index (χ1n) is 6.75. The fourth-order valence-corrected chi connectivity index (χ4v) is 1.87. The van der Waals surface area contributed by atoms with E-state index in [4.69, 9.17) is 9.47 Å². The van der Waals surface area contributed by atoms with E-state index in [2.05, 4.69) is 10.6 Å². The molecule has 0 radical (unpaired) electrons. The molecule has 0 aromatic heterocycles. The van der Waals surface area contributed by atoms with E-state index in [1.807, 2.05) is 38.1 Å². The van der Waals surface area contributed by atoms with Crippen LogP contribution < -0.4 is 15.4 Å². The molecule has 0 aliphatic rings. The van der Waals surface area contributed by atoms with E-state index in [-0.39, 0.29) is 18.0 Å². The zero-order valence-corrected chi connectivity index (χ0v) is 12.6. The van der Waals surface area contributed by atoms with Gasteiger partial charge in [0.15, 0.2) is 0 Å². The summed E-state index contributed by atoms with van der Waals surface area (Å²) in [5.74, 6) is 0.800. The Kier molecular flexibility index (Phi) is 7.04. The van der Waals surface area contributed by atoms with Crippen molar-refractivity contribution in [1.82, 2.24) is 10.6 Å². The Hall–Kier alpha value is -1.59. The van der Waals surface area contributed by atoms with Crippen molar-refractivity contribution in [1.29, 1.82) is 0 Å². The van der Waals surface area contributed by atoms with E-state index in [9.17, 15) is 4.79 Å². The Balaban J connectivity index is 2.47. The Labute approximate surface area is 120 Å². The molecule has 2 N–H and O–H groups in total. The molecule has 1 aromatic rings. The van der Waals surface area contributed by atoms with Crippen LogP contribution in [0.2, 0.25) is 0 Å². The second-order valence-corrected chi connectivity index (χ2v) is 4.67. The first-order valence-corrected chi connectivity index (χ1v) is 6.75. The lowest BCUT2D eigenvalue weighted by Crippen LogP contribution is -2.44. The number of rotatable bonds is 8. The second kappa shape index (κ2) is 8.55. The number of ether oxygens (including phenoxy) is 2. The van der Waals surface area contributed by atoms with Crippen LogP contribution >= 0.6 is 0 Å². The van der Waals surface area contributed by atoms with Crippen molar-refractivity contribution >= 4 is 5.91 Å². The van der Waals surface area contributed by atoms with Gasteiger partial charge >= 0.3 is 0 Å². The number of methoxy groups -OCH3 is 2. The van der Waals surface area contributed by atoms with Gasteiger partial charge in [0, 0.05) is 19.7 Å². The Bertz CT molecular complexity index is 406. The number of carbonyl (C=O) groups excluding carboxylic acids is 1. The van der Waals surface area contributed by atoms with Gasteiger partial charge in [-0.15, -0.1) is 0 Å². The number of hydrogen-bond acceptors (Lipinski definition) is 4. The Morgan fingerprint density at radius 3 is 2.40 bits per heavy atom. The van der Waals surface area contributed by atoms with Gasteiger partial charge in [0.25, 0.3) is 0 Å². The summed E-state index contributed by atoms with van der Waals surface area (Å²) in [6.45, 7) is 4.92. The van der Waals surface area contributed by atoms with Gasteiger partial charge in [0.2, 0.25) is 5.91 Å². The lowest BCUT2D eigenvalue weighted by molar-refractivity contribution is -0.123. The van der Waals surface area contributed by atoms with Gasteiger partial charge < -0.3 is 14.8 Å².